The first-order valence-electron chi connectivity index (χ1n) is 9.77. The molecule has 34 heavy (non-hydrogen) atoms. The van der Waals surface area contributed by atoms with Gasteiger partial charge in [-0.2, -0.15) is 13.1 Å². The van der Waals surface area contributed by atoms with E-state index >= 15 is 0 Å². The van der Waals surface area contributed by atoms with Gasteiger partial charge in [0.1, 0.15) is 10.6 Å². The fourth-order valence-electron chi connectivity index (χ4n) is 3.25. The van der Waals surface area contributed by atoms with Gasteiger partial charge in [-0.3, -0.25) is 4.57 Å². The highest BCUT2D eigenvalue weighted by Gasteiger charge is 2.51. The molecule has 0 bridgehead atoms. The Kier molecular flexibility index (Phi) is 7.82. The van der Waals surface area contributed by atoms with Gasteiger partial charge in [-0.15, -0.1) is 0 Å². The quantitative estimate of drug-likeness (QED) is 0.378. The maximum Gasteiger partial charge on any atom is 0.399 e. The van der Waals surface area contributed by atoms with Crippen LogP contribution in [0.1, 0.15) is 16.7 Å². The van der Waals surface area contributed by atoms with E-state index in [0.29, 0.717) is 5.56 Å². The molecule has 0 aliphatic rings. The topological polar surface area (TPSA) is 104 Å². The fraction of sp³-hybridized carbons (Fsp3) is 0.182. The van der Waals surface area contributed by atoms with Crippen molar-refractivity contribution in [2.45, 2.75) is 23.6 Å². The molecule has 12 heteroatoms. The Bertz CT molecular complexity index is 1320. The maximum atomic E-state index is 14.1. The van der Waals surface area contributed by atoms with Gasteiger partial charge in [-0.1, -0.05) is 66.2 Å². The number of para-hydroxylation sites is 1. The molecule has 0 spiro atoms. The Morgan fingerprint density at radius 2 is 1.56 bits per heavy atom. The number of methoxy groups -OCH3 is 1. The average Bonchev–Trinajstić information content (AvgIpc) is 2.78. The highest BCUT2D eigenvalue weighted by Crippen LogP contribution is 2.60. The molecule has 182 valence electrons. The van der Waals surface area contributed by atoms with Gasteiger partial charge in [0, 0.05) is 13.1 Å². The number of ether oxygens (including phenoxy) is 1. The van der Waals surface area contributed by atoms with Gasteiger partial charge in [-0.25, -0.2) is 8.42 Å². The van der Waals surface area contributed by atoms with E-state index in [0.717, 1.165) is 22.5 Å². The van der Waals surface area contributed by atoms with Crippen molar-refractivity contribution >= 4 is 29.2 Å². The number of hydrogen-bond donors (Lipinski definition) is 2. The first kappa shape index (κ1) is 26.3. The van der Waals surface area contributed by atoms with E-state index in [2.05, 4.69) is 0 Å². The van der Waals surface area contributed by atoms with E-state index < -0.39 is 33.9 Å². The lowest BCUT2D eigenvalue weighted by molar-refractivity contribution is 0.0565. The van der Waals surface area contributed by atoms with Crippen molar-refractivity contribution in [1.82, 2.24) is 4.31 Å². The Morgan fingerprint density at radius 1 is 0.971 bits per heavy atom. The van der Waals surface area contributed by atoms with Crippen LogP contribution in [0.5, 0.6) is 5.75 Å². The predicted molar refractivity (Wildman–Crippen MR) is 123 cm³/mol. The fourth-order valence-corrected chi connectivity index (χ4v) is 5.71. The summed E-state index contributed by atoms with van der Waals surface area (Å²) >= 11 is 5.93. The number of hydrogen-bond acceptors (Lipinski definition) is 4. The molecule has 0 atom stereocenters. The van der Waals surface area contributed by atoms with Crippen LogP contribution in [0, 0.1) is 0 Å². The Morgan fingerprint density at radius 3 is 2.15 bits per heavy atom. The summed E-state index contributed by atoms with van der Waals surface area (Å²) in [7, 11) is -8.60. The van der Waals surface area contributed by atoms with Gasteiger partial charge >= 0.3 is 13.3 Å². The number of alkyl halides is 2. The minimum absolute atomic E-state index is 0.0424. The lowest BCUT2D eigenvalue weighted by atomic mass is 10.1. The van der Waals surface area contributed by atoms with Gasteiger partial charge in [0.2, 0.25) is 10.0 Å². The summed E-state index contributed by atoms with van der Waals surface area (Å²) in [5.41, 5.74) is -4.62. The van der Waals surface area contributed by atoms with Crippen LogP contribution in [0.15, 0.2) is 77.7 Å². The van der Waals surface area contributed by atoms with Gasteiger partial charge in [0.05, 0.1) is 17.7 Å². The molecule has 0 saturated heterocycles. The summed E-state index contributed by atoms with van der Waals surface area (Å²) < 4.78 is 72.9. The number of halogens is 3. The molecule has 3 aromatic rings. The number of rotatable bonds is 9. The smallest absolute Gasteiger partial charge is 0.399 e. The number of benzene rings is 3. The third-order valence-electron chi connectivity index (χ3n) is 4.97. The summed E-state index contributed by atoms with van der Waals surface area (Å²) in [6.45, 7) is -0.296. The molecule has 0 aromatic heterocycles. The third kappa shape index (κ3) is 5.49. The second-order valence-electron chi connectivity index (χ2n) is 7.31. The summed E-state index contributed by atoms with van der Waals surface area (Å²) in [5.74, 6) is 0.134. The zero-order valence-corrected chi connectivity index (χ0v) is 20.3. The standard InChI is InChI=1S/C22H21ClF2NO6PS/c1-32-20-9-5-6-10-21(20)34(30,31)26(14-16-7-3-2-4-8-16)15-17-11-12-18(19(23)13-17)22(24,25)33(27,28)29/h2-13H,14-15H2,1H3,(H2,27,28,29). The zero-order chi connectivity index (χ0) is 25.1. The zero-order valence-electron chi connectivity index (χ0n) is 17.8. The number of sulfonamides is 1. The maximum absolute atomic E-state index is 14.1. The SMILES string of the molecule is COc1ccccc1S(=O)(=O)N(Cc1ccccc1)Cc1ccc(C(F)(F)P(=O)(O)O)c(Cl)c1. The normalized spacial score (nSPS) is 12.7. The molecule has 0 aliphatic carbocycles. The molecule has 2 N–H and O–H groups in total. The minimum Gasteiger partial charge on any atom is -0.495 e. The van der Waals surface area contributed by atoms with Crippen LogP contribution in [0.2, 0.25) is 5.02 Å². The van der Waals surface area contributed by atoms with Gasteiger partial charge in [0.25, 0.3) is 0 Å². The summed E-state index contributed by atoms with van der Waals surface area (Å²) in [4.78, 5) is 17.9. The predicted octanol–water partition coefficient (Wildman–Crippen LogP) is 4.97. The molecule has 0 unspecified atom stereocenters. The molecule has 0 radical (unpaired) electrons. The molecule has 0 saturated carbocycles. The van der Waals surface area contributed by atoms with Gasteiger partial charge in [0.15, 0.2) is 0 Å². The molecule has 0 fully saturated rings. The summed E-state index contributed by atoms with van der Waals surface area (Å²) in [6.07, 6.45) is 0. The Labute approximate surface area is 200 Å². The van der Waals surface area contributed by atoms with E-state index in [4.69, 9.17) is 26.1 Å². The Balaban J connectivity index is 2.03. The van der Waals surface area contributed by atoms with Crippen molar-refractivity contribution < 1.29 is 36.3 Å². The van der Waals surface area contributed by atoms with E-state index in [9.17, 15) is 21.8 Å². The molecule has 0 heterocycles. The monoisotopic (exact) mass is 531 g/mol. The molecule has 0 amide bonds. The molecule has 0 aliphatic heterocycles. The summed E-state index contributed by atoms with van der Waals surface area (Å²) in [5, 5.41) is -0.597. The highest BCUT2D eigenvalue weighted by atomic mass is 35.5. The van der Waals surface area contributed by atoms with Crippen molar-refractivity contribution in [1.29, 1.82) is 0 Å². The lowest BCUT2D eigenvalue weighted by Crippen LogP contribution is -2.30. The van der Waals surface area contributed by atoms with E-state index in [1.54, 1.807) is 42.5 Å². The van der Waals surface area contributed by atoms with Crippen molar-refractivity contribution in [2.24, 2.45) is 0 Å². The van der Waals surface area contributed by atoms with Crippen LogP contribution in [0.3, 0.4) is 0 Å². The molecular formula is C22H21ClF2NO6PS. The van der Waals surface area contributed by atoms with Crippen LogP contribution in [0.25, 0.3) is 0 Å². The van der Waals surface area contributed by atoms with Gasteiger partial charge < -0.3 is 14.5 Å². The molecule has 3 aromatic carbocycles. The minimum atomic E-state index is -5.82. The van der Waals surface area contributed by atoms with Crippen LogP contribution >= 0.6 is 19.2 Å². The average molecular weight is 532 g/mol. The second kappa shape index (κ2) is 10.1. The van der Waals surface area contributed by atoms with Crippen LogP contribution < -0.4 is 4.74 Å². The third-order valence-corrected chi connectivity index (χ3v) is 8.09. The Hall–Kier alpha value is -2.33. The van der Waals surface area contributed by atoms with Crippen molar-refractivity contribution in [3.05, 3.63) is 94.5 Å². The number of nitrogens with zero attached hydrogens (tertiary/aromatic N) is 1. The van der Waals surface area contributed by atoms with E-state index in [1.807, 2.05) is 0 Å². The first-order valence-corrected chi connectivity index (χ1v) is 13.2. The van der Waals surface area contributed by atoms with Crippen LogP contribution in [-0.4, -0.2) is 29.6 Å². The summed E-state index contributed by atoms with van der Waals surface area (Å²) in [6, 6.07) is 17.8. The van der Waals surface area contributed by atoms with E-state index in [1.165, 1.54) is 19.2 Å². The van der Waals surface area contributed by atoms with Crippen molar-refractivity contribution in [3.8, 4) is 5.75 Å². The lowest BCUT2D eigenvalue weighted by Gasteiger charge is -2.24. The molecule has 3 rings (SSSR count). The van der Waals surface area contributed by atoms with Crippen LogP contribution in [0.4, 0.5) is 8.78 Å². The van der Waals surface area contributed by atoms with E-state index in [-0.39, 0.29) is 29.3 Å². The second-order valence-corrected chi connectivity index (χ2v) is 11.3. The molecule has 7 nitrogen and oxygen atoms in total. The highest BCUT2D eigenvalue weighted by molar-refractivity contribution is 7.89. The molecular weight excluding hydrogens is 511 g/mol. The first-order chi connectivity index (χ1) is 15.9. The largest absolute Gasteiger partial charge is 0.495 e. The van der Waals surface area contributed by atoms with Crippen molar-refractivity contribution in [2.75, 3.05) is 7.11 Å². The van der Waals surface area contributed by atoms with Gasteiger partial charge in [-0.05, 0) is 29.3 Å². The van der Waals surface area contributed by atoms with Crippen molar-refractivity contribution in [3.63, 3.8) is 0 Å². The van der Waals surface area contributed by atoms with Crippen LogP contribution in [-0.2, 0) is 33.3 Å².